The topological polar surface area (TPSA) is 66.9 Å². The van der Waals surface area contributed by atoms with E-state index in [0.29, 0.717) is 5.56 Å². The third kappa shape index (κ3) is 3.78. The fourth-order valence-corrected chi connectivity index (χ4v) is 2.83. The van der Waals surface area contributed by atoms with Crippen molar-refractivity contribution >= 4 is 22.9 Å². The van der Waals surface area contributed by atoms with Crippen LogP contribution in [0.3, 0.4) is 0 Å². The van der Waals surface area contributed by atoms with Crippen LogP contribution in [0, 0.1) is 6.92 Å². The Morgan fingerprint density at radius 2 is 2.19 bits per heavy atom. The molecule has 0 radical (unpaired) electrons. The number of amides is 1. The van der Waals surface area contributed by atoms with Crippen molar-refractivity contribution in [2.45, 2.75) is 33.2 Å². The number of rotatable bonds is 6. The SMILES string of the molecule is CCNc1cc(C)ncc1C(=O)NC(CC)c1nccs1. The zero-order valence-electron chi connectivity index (χ0n) is 12.5. The van der Waals surface area contributed by atoms with Gasteiger partial charge in [0.15, 0.2) is 0 Å². The molecule has 1 atom stereocenters. The smallest absolute Gasteiger partial charge is 0.255 e. The number of carbonyl (C=O) groups excluding carboxylic acids is 1. The number of aryl methyl sites for hydroxylation is 1. The number of thiazole rings is 1. The van der Waals surface area contributed by atoms with Crippen molar-refractivity contribution in [1.29, 1.82) is 0 Å². The van der Waals surface area contributed by atoms with Crippen LogP contribution in [0.4, 0.5) is 5.69 Å². The maximum atomic E-state index is 12.5. The number of anilines is 1. The number of hydrogen-bond acceptors (Lipinski definition) is 5. The summed E-state index contributed by atoms with van der Waals surface area (Å²) in [6.07, 6.45) is 4.18. The third-order valence-corrected chi connectivity index (χ3v) is 4.00. The first kappa shape index (κ1) is 15.4. The molecule has 112 valence electrons. The van der Waals surface area contributed by atoms with Gasteiger partial charge in [0.2, 0.25) is 0 Å². The van der Waals surface area contributed by atoms with Crippen LogP contribution in [0.5, 0.6) is 0 Å². The fraction of sp³-hybridized carbons (Fsp3) is 0.400. The quantitative estimate of drug-likeness (QED) is 0.860. The van der Waals surface area contributed by atoms with Gasteiger partial charge in [0.05, 0.1) is 17.3 Å². The second-order valence-corrected chi connectivity index (χ2v) is 5.63. The minimum atomic E-state index is -0.125. The monoisotopic (exact) mass is 304 g/mol. The zero-order valence-corrected chi connectivity index (χ0v) is 13.3. The van der Waals surface area contributed by atoms with E-state index in [9.17, 15) is 4.79 Å². The molecule has 0 spiro atoms. The average Bonchev–Trinajstić information content (AvgIpc) is 2.99. The van der Waals surface area contributed by atoms with Crippen molar-refractivity contribution in [2.75, 3.05) is 11.9 Å². The highest BCUT2D eigenvalue weighted by atomic mass is 32.1. The average molecular weight is 304 g/mol. The van der Waals surface area contributed by atoms with Crippen LogP contribution in [0.25, 0.3) is 0 Å². The van der Waals surface area contributed by atoms with Gasteiger partial charge in [-0.3, -0.25) is 9.78 Å². The maximum Gasteiger partial charge on any atom is 0.255 e. The molecule has 2 aromatic heterocycles. The van der Waals surface area contributed by atoms with E-state index in [1.807, 2.05) is 32.2 Å². The lowest BCUT2D eigenvalue weighted by atomic mass is 10.1. The lowest BCUT2D eigenvalue weighted by Gasteiger charge is -2.16. The molecule has 0 bridgehead atoms. The van der Waals surface area contributed by atoms with E-state index in [4.69, 9.17) is 0 Å². The number of nitrogens with zero attached hydrogens (tertiary/aromatic N) is 2. The summed E-state index contributed by atoms with van der Waals surface area (Å²) in [6, 6.07) is 1.83. The van der Waals surface area contributed by atoms with Crippen molar-refractivity contribution < 1.29 is 4.79 Å². The van der Waals surface area contributed by atoms with Crippen LogP contribution in [-0.4, -0.2) is 22.4 Å². The van der Waals surface area contributed by atoms with Gasteiger partial charge in [0.25, 0.3) is 5.91 Å². The summed E-state index contributed by atoms with van der Waals surface area (Å²) in [5, 5.41) is 9.09. The van der Waals surface area contributed by atoms with Gasteiger partial charge >= 0.3 is 0 Å². The Morgan fingerprint density at radius 1 is 1.38 bits per heavy atom. The summed E-state index contributed by atoms with van der Waals surface area (Å²) in [5.41, 5.74) is 2.27. The van der Waals surface area contributed by atoms with Crippen molar-refractivity contribution in [2.24, 2.45) is 0 Å². The molecule has 21 heavy (non-hydrogen) atoms. The standard InChI is InChI=1S/C15H20N4OS/c1-4-12(15-17-6-7-21-15)19-14(20)11-9-18-10(3)8-13(11)16-5-2/h6-9,12H,4-5H2,1-3H3,(H,16,18)(H,19,20). The molecular weight excluding hydrogens is 284 g/mol. The fourth-order valence-electron chi connectivity index (χ4n) is 2.06. The first-order valence-corrected chi connectivity index (χ1v) is 7.94. The highest BCUT2D eigenvalue weighted by Crippen LogP contribution is 2.21. The lowest BCUT2D eigenvalue weighted by molar-refractivity contribution is 0.0936. The molecule has 2 rings (SSSR count). The van der Waals surface area contributed by atoms with E-state index in [1.165, 1.54) is 0 Å². The Kier molecular flexibility index (Phi) is 5.27. The van der Waals surface area contributed by atoms with Gasteiger partial charge in [-0.15, -0.1) is 11.3 Å². The molecule has 0 saturated heterocycles. The molecule has 0 aliphatic rings. The molecule has 0 saturated carbocycles. The minimum Gasteiger partial charge on any atom is -0.385 e. The van der Waals surface area contributed by atoms with E-state index in [-0.39, 0.29) is 11.9 Å². The molecule has 5 nitrogen and oxygen atoms in total. The molecule has 1 amide bonds. The van der Waals surface area contributed by atoms with E-state index in [2.05, 4.69) is 20.6 Å². The van der Waals surface area contributed by atoms with Gasteiger partial charge in [-0.1, -0.05) is 6.92 Å². The second-order valence-electron chi connectivity index (χ2n) is 4.71. The van der Waals surface area contributed by atoms with Gasteiger partial charge in [0, 0.05) is 30.0 Å². The Bertz CT molecular complexity index is 598. The Hall–Kier alpha value is -1.95. The molecular formula is C15H20N4OS. The van der Waals surface area contributed by atoms with E-state index in [0.717, 1.165) is 29.4 Å². The van der Waals surface area contributed by atoms with E-state index < -0.39 is 0 Å². The number of hydrogen-bond donors (Lipinski definition) is 2. The molecule has 2 aromatic rings. The molecule has 2 N–H and O–H groups in total. The normalized spacial score (nSPS) is 12.0. The molecule has 0 aliphatic carbocycles. The summed E-state index contributed by atoms with van der Waals surface area (Å²) in [5.74, 6) is -0.125. The summed E-state index contributed by atoms with van der Waals surface area (Å²) in [6.45, 7) is 6.70. The number of aromatic nitrogens is 2. The highest BCUT2D eigenvalue weighted by Gasteiger charge is 2.18. The summed E-state index contributed by atoms with van der Waals surface area (Å²) in [4.78, 5) is 21.0. The summed E-state index contributed by atoms with van der Waals surface area (Å²) in [7, 11) is 0. The van der Waals surface area contributed by atoms with Crippen molar-refractivity contribution in [3.8, 4) is 0 Å². The van der Waals surface area contributed by atoms with Crippen LogP contribution in [-0.2, 0) is 0 Å². The van der Waals surface area contributed by atoms with Crippen LogP contribution in [0.1, 0.15) is 47.4 Å². The lowest BCUT2D eigenvalue weighted by Crippen LogP contribution is -2.29. The van der Waals surface area contributed by atoms with Gasteiger partial charge in [0.1, 0.15) is 5.01 Å². The first-order chi connectivity index (χ1) is 10.2. The zero-order chi connectivity index (χ0) is 15.2. The Labute approximate surface area is 128 Å². The maximum absolute atomic E-state index is 12.5. The third-order valence-electron chi connectivity index (χ3n) is 3.12. The molecule has 0 aromatic carbocycles. The van der Waals surface area contributed by atoms with Crippen molar-refractivity contribution in [3.63, 3.8) is 0 Å². The van der Waals surface area contributed by atoms with Gasteiger partial charge in [-0.25, -0.2) is 4.98 Å². The first-order valence-electron chi connectivity index (χ1n) is 7.06. The number of nitrogens with one attached hydrogen (secondary N) is 2. The predicted octanol–water partition coefficient (Wildman–Crippen LogP) is 3.16. The Morgan fingerprint density at radius 3 is 2.81 bits per heavy atom. The van der Waals surface area contributed by atoms with Crippen LogP contribution >= 0.6 is 11.3 Å². The molecule has 6 heteroatoms. The molecule has 2 heterocycles. The summed E-state index contributed by atoms with van der Waals surface area (Å²) < 4.78 is 0. The highest BCUT2D eigenvalue weighted by molar-refractivity contribution is 7.09. The second kappa shape index (κ2) is 7.17. The van der Waals surface area contributed by atoms with Crippen molar-refractivity contribution in [3.05, 3.63) is 40.1 Å². The molecule has 1 unspecified atom stereocenters. The summed E-state index contributed by atoms with van der Waals surface area (Å²) >= 11 is 1.55. The molecule has 0 aliphatic heterocycles. The van der Waals surface area contributed by atoms with Gasteiger partial charge < -0.3 is 10.6 Å². The largest absolute Gasteiger partial charge is 0.385 e. The Balaban J connectivity index is 2.19. The van der Waals surface area contributed by atoms with Gasteiger partial charge in [-0.2, -0.15) is 0 Å². The number of pyridine rings is 1. The van der Waals surface area contributed by atoms with Crippen LogP contribution < -0.4 is 10.6 Å². The number of carbonyl (C=O) groups is 1. The van der Waals surface area contributed by atoms with E-state index in [1.54, 1.807) is 23.7 Å². The van der Waals surface area contributed by atoms with Crippen LogP contribution in [0.2, 0.25) is 0 Å². The predicted molar refractivity (Wildman–Crippen MR) is 85.7 cm³/mol. The minimum absolute atomic E-state index is 0.0618. The van der Waals surface area contributed by atoms with E-state index >= 15 is 0 Å². The molecule has 0 fully saturated rings. The van der Waals surface area contributed by atoms with Crippen LogP contribution in [0.15, 0.2) is 23.8 Å². The van der Waals surface area contributed by atoms with Crippen molar-refractivity contribution in [1.82, 2.24) is 15.3 Å². The van der Waals surface area contributed by atoms with Gasteiger partial charge in [-0.05, 0) is 26.3 Å².